The monoisotopic (exact) mass is 658 g/mol. The number of amides is 1. The first-order chi connectivity index (χ1) is 25.0. The van der Waals surface area contributed by atoms with Crippen molar-refractivity contribution in [3.63, 3.8) is 0 Å². The Bertz CT molecular complexity index is 2670. The Morgan fingerprint density at radius 2 is 1.29 bits per heavy atom. The van der Waals surface area contributed by atoms with E-state index >= 15 is 0 Å². The maximum Gasteiger partial charge on any atom is 0.256 e. The van der Waals surface area contributed by atoms with E-state index in [1.165, 1.54) is 6.92 Å². The van der Waals surface area contributed by atoms with Crippen LogP contribution < -0.4 is 5.32 Å². The molecule has 51 heavy (non-hydrogen) atoms. The SMILES string of the molecule is CC(=O)c1c(C(=O)Nc2cccc(-c3ccccc3)c2-c2ccccc2)cccc1-n1c2ccccc2c2cccc(-c3cccc(C#N)n3)c21. The van der Waals surface area contributed by atoms with Crippen LogP contribution in [0.15, 0.2) is 158 Å². The Hall–Kier alpha value is -7.10. The molecule has 0 bridgehead atoms. The summed E-state index contributed by atoms with van der Waals surface area (Å²) in [5.74, 6) is -0.640. The van der Waals surface area contributed by atoms with Gasteiger partial charge in [0, 0.05) is 27.6 Å². The number of aromatic nitrogens is 2. The van der Waals surface area contributed by atoms with Crippen molar-refractivity contribution in [2.75, 3.05) is 5.32 Å². The van der Waals surface area contributed by atoms with Crippen LogP contribution in [-0.2, 0) is 0 Å². The van der Waals surface area contributed by atoms with Crippen molar-refractivity contribution in [3.8, 4) is 45.3 Å². The van der Waals surface area contributed by atoms with Gasteiger partial charge < -0.3 is 9.88 Å². The highest BCUT2D eigenvalue weighted by molar-refractivity contribution is 6.18. The fourth-order valence-electron chi connectivity index (χ4n) is 7.03. The predicted octanol–water partition coefficient (Wildman–Crippen LogP) is 10.5. The molecule has 0 saturated heterocycles. The summed E-state index contributed by atoms with van der Waals surface area (Å²) in [5, 5.41) is 14.7. The van der Waals surface area contributed by atoms with Gasteiger partial charge in [0.25, 0.3) is 5.91 Å². The average Bonchev–Trinajstić information content (AvgIpc) is 3.52. The molecule has 0 radical (unpaired) electrons. The first-order valence-electron chi connectivity index (χ1n) is 16.6. The van der Waals surface area contributed by atoms with E-state index in [1.54, 1.807) is 12.1 Å². The summed E-state index contributed by atoms with van der Waals surface area (Å²) in [6.07, 6.45) is 0. The third-order valence-electron chi connectivity index (χ3n) is 9.17. The van der Waals surface area contributed by atoms with Gasteiger partial charge in [-0.05, 0) is 60.0 Å². The third-order valence-corrected chi connectivity index (χ3v) is 9.17. The standard InChI is InChI=1S/C45H30N4O2/c1-29(50)42-37(45(51)48-39-25-12-20-33(30-14-4-2-5-15-30)43(39)31-16-6-3-7-17-31)23-13-27-41(42)49-40-26-9-8-19-34(40)35-21-11-22-36(44(35)49)38-24-10-18-32(28-46)47-38/h2-27H,1H3,(H,48,51). The van der Waals surface area contributed by atoms with Gasteiger partial charge >= 0.3 is 0 Å². The maximum absolute atomic E-state index is 14.5. The molecule has 6 nitrogen and oxygen atoms in total. The zero-order valence-corrected chi connectivity index (χ0v) is 27.7. The average molecular weight is 659 g/mol. The van der Waals surface area contributed by atoms with Crippen molar-refractivity contribution >= 4 is 39.2 Å². The molecule has 0 unspecified atom stereocenters. The van der Waals surface area contributed by atoms with Crippen LogP contribution in [0.4, 0.5) is 5.69 Å². The van der Waals surface area contributed by atoms with Crippen LogP contribution in [0, 0.1) is 11.3 Å². The number of carbonyl (C=O) groups excluding carboxylic acids is 2. The summed E-state index contributed by atoms with van der Waals surface area (Å²) in [7, 11) is 0. The molecule has 6 heteroatoms. The van der Waals surface area contributed by atoms with Crippen LogP contribution in [0.5, 0.6) is 0 Å². The number of hydrogen-bond acceptors (Lipinski definition) is 4. The number of rotatable bonds is 7. The van der Waals surface area contributed by atoms with Gasteiger partial charge in [-0.15, -0.1) is 0 Å². The molecule has 1 N–H and O–H groups in total. The number of benzene rings is 6. The molecule has 2 heterocycles. The summed E-state index contributed by atoms with van der Waals surface area (Å²) in [5.41, 5.74) is 9.05. The molecule has 0 atom stereocenters. The fraction of sp³-hybridized carbons (Fsp3) is 0.0222. The summed E-state index contributed by atoms with van der Waals surface area (Å²) < 4.78 is 2.04. The van der Waals surface area contributed by atoms with E-state index in [0.29, 0.717) is 28.3 Å². The van der Waals surface area contributed by atoms with Gasteiger partial charge in [-0.1, -0.05) is 121 Å². The summed E-state index contributed by atoms with van der Waals surface area (Å²) in [6, 6.07) is 52.8. The molecular weight excluding hydrogens is 629 g/mol. The van der Waals surface area contributed by atoms with Gasteiger partial charge in [0.2, 0.25) is 0 Å². The van der Waals surface area contributed by atoms with Crippen molar-refractivity contribution in [1.29, 1.82) is 5.26 Å². The van der Waals surface area contributed by atoms with Crippen LogP contribution in [0.25, 0.3) is 61.0 Å². The molecule has 0 saturated carbocycles. The van der Waals surface area contributed by atoms with Crippen LogP contribution >= 0.6 is 0 Å². The highest BCUT2D eigenvalue weighted by Gasteiger charge is 2.25. The van der Waals surface area contributed by atoms with Crippen molar-refractivity contribution in [2.45, 2.75) is 6.92 Å². The number of ketones is 1. The van der Waals surface area contributed by atoms with Crippen LogP contribution in [-0.4, -0.2) is 21.2 Å². The second-order valence-electron chi connectivity index (χ2n) is 12.2. The fourth-order valence-corrected chi connectivity index (χ4v) is 7.03. The molecule has 0 aliphatic heterocycles. The molecule has 0 spiro atoms. The number of Topliss-reactive ketones (excluding diaryl/α,β-unsaturated/α-hetero) is 1. The minimum Gasteiger partial charge on any atom is -0.321 e. The molecule has 6 aromatic carbocycles. The molecule has 1 amide bonds. The van der Waals surface area contributed by atoms with Gasteiger partial charge in [-0.25, -0.2) is 4.98 Å². The van der Waals surface area contributed by atoms with Crippen molar-refractivity contribution in [1.82, 2.24) is 9.55 Å². The zero-order valence-electron chi connectivity index (χ0n) is 27.7. The number of hydrogen-bond donors (Lipinski definition) is 1. The molecule has 0 fully saturated rings. The molecule has 8 rings (SSSR count). The number of pyridine rings is 1. The Balaban J connectivity index is 1.33. The second kappa shape index (κ2) is 13.1. The number of nitrogens with zero attached hydrogens (tertiary/aromatic N) is 3. The summed E-state index contributed by atoms with van der Waals surface area (Å²) >= 11 is 0. The zero-order chi connectivity index (χ0) is 34.9. The number of nitriles is 1. The lowest BCUT2D eigenvalue weighted by Crippen LogP contribution is -2.18. The van der Waals surface area contributed by atoms with Crippen molar-refractivity contribution < 1.29 is 9.59 Å². The maximum atomic E-state index is 14.5. The molecule has 0 aliphatic carbocycles. The second-order valence-corrected chi connectivity index (χ2v) is 12.2. The van der Waals surface area contributed by atoms with Gasteiger partial charge in [0.1, 0.15) is 11.8 Å². The number of para-hydroxylation sites is 2. The summed E-state index contributed by atoms with van der Waals surface area (Å²) in [4.78, 5) is 32.8. The quantitative estimate of drug-likeness (QED) is 0.173. The Morgan fingerprint density at radius 3 is 2.06 bits per heavy atom. The topological polar surface area (TPSA) is 87.8 Å². The van der Waals surface area contributed by atoms with Gasteiger partial charge in [-0.2, -0.15) is 5.26 Å². The molecule has 2 aromatic heterocycles. The van der Waals surface area contributed by atoms with Crippen LogP contribution in [0.2, 0.25) is 0 Å². The Labute approximate surface area is 294 Å². The van der Waals surface area contributed by atoms with Gasteiger partial charge in [0.05, 0.1) is 33.5 Å². The lowest BCUT2D eigenvalue weighted by atomic mass is 9.92. The number of anilines is 1. The Morgan fingerprint density at radius 1 is 0.647 bits per heavy atom. The first-order valence-corrected chi connectivity index (χ1v) is 16.6. The molecule has 0 aliphatic rings. The lowest BCUT2D eigenvalue weighted by molar-refractivity contribution is 0.0985. The van der Waals surface area contributed by atoms with Gasteiger partial charge in [0.15, 0.2) is 5.78 Å². The first kappa shape index (κ1) is 31.2. The van der Waals surface area contributed by atoms with Crippen LogP contribution in [0.3, 0.4) is 0 Å². The molecule has 8 aromatic rings. The number of nitrogens with one attached hydrogen (secondary N) is 1. The van der Waals surface area contributed by atoms with E-state index < -0.39 is 5.91 Å². The smallest absolute Gasteiger partial charge is 0.256 e. The van der Waals surface area contributed by atoms with Crippen LogP contribution in [0.1, 0.15) is 33.3 Å². The van der Waals surface area contributed by atoms with Crippen molar-refractivity contribution in [3.05, 3.63) is 175 Å². The van der Waals surface area contributed by atoms with E-state index in [4.69, 9.17) is 0 Å². The predicted molar refractivity (Wildman–Crippen MR) is 204 cm³/mol. The van der Waals surface area contributed by atoms with E-state index in [2.05, 4.69) is 34.6 Å². The minimum atomic E-state index is -0.395. The molecular formula is C45H30N4O2. The van der Waals surface area contributed by atoms with E-state index in [1.807, 2.05) is 132 Å². The Kier molecular flexibility index (Phi) is 7.99. The van der Waals surface area contributed by atoms with Crippen molar-refractivity contribution in [2.24, 2.45) is 0 Å². The molecule has 242 valence electrons. The lowest BCUT2D eigenvalue weighted by Gasteiger charge is -2.19. The van der Waals surface area contributed by atoms with E-state index in [-0.39, 0.29) is 11.3 Å². The number of carbonyl (C=O) groups is 2. The minimum absolute atomic E-state index is 0.245. The normalized spacial score (nSPS) is 11.0. The van der Waals surface area contributed by atoms with E-state index in [0.717, 1.165) is 49.6 Å². The highest BCUT2D eigenvalue weighted by Crippen LogP contribution is 2.40. The largest absolute Gasteiger partial charge is 0.321 e. The van der Waals surface area contributed by atoms with E-state index in [9.17, 15) is 14.9 Å². The number of fused-ring (bicyclic) bond motifs is 3. The highest BCUT2D eigenvalue weighted by atomic mass is 16.2. The summed E-state index contributed by atoms with van der Waals surface area (Å²) in [6.45, 7) is 1.49. The third kappa shape index (κ3) is 5.53. The van der Waals surface area contributed by atoms with Gasteiger partial charge in [-0.3, -0.25) is 9.59 Å².